The van der Waals surface area contributed by atoms with E-state index in [-0.39, 0.29) is 19.3 Å². The number of aromatic nitrogens is 1. The maximum absolute atomic E-state index is 13.1. The van der Waals surface area contributed by atoms with Crippen LogP contribution in [-0.4, -0.2) is 71.3 Å². The van der Waals surface area contributed by atoms with Gasteiger partial charge in [0.15, 0.2) is 0 Å². The monoisotopic (exact) mass is 471 g/mol. The van der Waals surface area contributed by atoms with Crippen LogP contribution < -0.4 is 16.4 Å². The van der Waals surface area contributed by atoms with E-state index >= 15 is 0 Å². The highest BCUT2D eigenvalue weighted by molar-refractivity contribution is 5.98. The van der Waals surface area contributed by atoms with E-state index in [1.165, 1.54) is 11.8 Å². The second-order valence-electron chi connectivity index (χ2n) is 7.75. The molecule has 0 aliphatic carbocycles. The minimum absolute atomic E-state index is 0.0537. The number of hydrogen-bond acceptors (Lipinski definition) is 7. The molecule has 0 aromatic carbocycles. The zero-order valence-electron chi connectivity index (χ0n) is 19.2. The molecule has 4 N–H and O–H groups in total. The summed E-state index contributed by atoms with van der Waals surface area (Å²) in [5.41, 5.74) is 5.83. The number of pyridine rings is 1. The van der Waals surface area contributed by atoms with E-state index in [9.17, 15) is 24.0 Å². The van der Waals surface area contributed by atoms with Gasteiger partial charge in [0.2, 0.25) is 17.7 Å². The zero-order valence-corrected chi connectivity index (χ0v) is 19.2. The SMILES string of the molecule is CC#CC(=O)N1CCC[C@H]1C(=O)N[C@@H](Cc1cccnc1)C(=O)N[C@@H](CCC(N)=O)C(=O)OC. The van der Waals surface area contributed by atoms with Crippen LogP contribution in [0.15, 0.2) is 24.5 Å². The first-order chi connectivity index (χ1) is 16.3. The summed E-state index contributed by atoms with van der Waals surface area (Å²) in [7, 11) is 1.16. The lowest BCUT2D eigenvalue weighted by Gasteiger charge is -2.26. The van der Waals surface area contributed by atoms with Gasteiger partial charge in [-0.1, -0.05) is 12.0 Å². The van der Waals surface area contributed by atoms with Crippen LogP contribution in [0.3, 0.4) is 0 Å². The molecule has 1 fully saturated rings. The molecule has 1 aromatic heterocycles. The van der Waals surface area contributed by atoms with Gasteiger partial charge in [-0.25, -0.2) is 4.79 Å². The van der Waals surface area contributed by atoms with Crippen molar-refractivity contribution in [2.24, 2.45) is 5.73 Å². The molecule has 2 heterocycles. The van der Waals surface area contributed by atoms with Crippen LogP contribution in [0, 0.1) is 11.8 Å². The van der Waals surface area contributed by atoms with Gasteiger partial charge in [-0.2, -0.15) is 0 Å². The highest BCUT2D eigenvalue weighted by atomic mass is 16.5. The number of nitrogens with two attached hydrogens (primary N) is 1. The van der Waals surface area contributed by atoms with Crippen LogP contribution >= 0.6 is 0 Å². The van der Waals surface area contributed by atoms with E-state index in [4.69, 9.17) is 10.5 Å². The summed E-state index contributed by atoms with van der Waals surface area (Å²) in [6, 6.07) is 0.475. The maximum Gasteiger partial charge on any atom is 0.328 e. The predicted octanol–water partition coefficient (Wildman–Crippen LogP) is -0.953. The van der Waals surface area contributed by atoms with Crippen molar-refractivity contribution in [1.29, 1.82) is 0 Å². The summed E-state index contributed by atoms with van der Waals surface area (Å²) in [5.74, 6) is 1.99. The van der Waals surface area contributed by atoms with Gasteiger partial charge in [-0.05, 0) is 43.7 Å². The molecule has 11 heteroatoms. The Bertz CT molecular complexity index is 971. The molecule has 182 valence electrons. The van der Waals surface area contributed by atoms with Gasteiger partial charge in [0.05, 0.1) is 7.11 Å². The van der Waals surface area contributed by atoms with Crippen molar-refractivity contribution in [3.05, 3.63) is 30.1 Å². The highest BCUT2D eigenvalue weighted by Crippen LogP contribution is 2.18. The fourth-order valence-corrected chi connectivity index (χ4v) is 3.64. The summed E-state index contributed by atoms with van der Waals surface area (Å²) in [4.78, 5) is 67.1. The average molecular weight is 472 g/mol. The van der Waals surface area contributed by atoms with Gasteiger partial charge < -0.3 is 26.0 Å². The number of carbonyl (C=O) groups excluding carboxylic acids is 5. The summed E-state index contributed by atoms with van der Waals surface area (Å²) in [5, 5.41) is 5.23. The Morgan fingerprint density at radius 3 is 2.65 bits per heavy atom. The average Bonchev–Trinajstić information content (AvgIpc) is 3.31. The molecule has 34 heavy (non-hydrogen) atoms. The standard InChI is InChI=1S/C23H29N5O6/c1-3-6-20(30)28-12-5-8-18(28)22(32)27-17(13-15-7-4-11-25-14-15)21(31)26-16(23(33)34-2)9-10-19(24)29/h4,7,11,14,16-18H,5,8-10,12-13H2,1-2H3,(H2,24,29)(H,26,31)(H,27,32)/t16-,17-,18-/m0/s1. The predicted molar refractivity (Wildman–Crippen MR) is 120 cm³/mol. The molecule has 2 rings (SSSR count). The van der Waals surface area contributed by atoms with Gasteiger partial charge in [-0.15, -0.1) is 0 Å². The number of primary amides is 1. The first kappa shape index (κ1) is 26.3. The molecule has 1 aliphatic heterocycles. The van der Waals surface area contributed by atoms with Crippen LogP contribution in [0.5, 0.6) is 0 Å². The first-order valence-corrected chi connectivity index (χ1v) is 10.9. The Balaban J connectivity index is 2.20. The number of nitrogens with zero attached hydrogens (tertiary/aromatic N) is 2. The van der Waals surface area contributed by atoms with Crippen molar-refractivity contribution >= 4 is 29.6 Å². The van der Waals surface area contributed by atoms with E-state index in [1.807, 2.05) is 0 Å². The fourth-order valence-electron chi connectivity index (χ4n) is 3.64. The molecule has 1 saturated heterocycles. The molecule has 4 amide bonds. The summed E-state index contributed by atoms with van der Waals surface area (Å²) in [6.45, 7) is 1.93. The third kappa shape index (κ3) is 7.58. The van der Waals surface area contributed by atoms with Crippen molar-refractivity contribution in [2.45, 2.75) is 57.2 Å². The third-order valence-corrected chi connectivity index (χ3v) is 5.33. The molecule has 1 aliphatic rings. The van der Waals surface area contributed by atoms with Crippen LogP contribution in [0.25, 0.3) is 0 Å². The normalized spacial score (nSPS) is 16.4. The number of carbonyl (C=O) groups is 5. The second kappa shape index (κ2) is 12.9. The highest BCUT2D eigenvalue weighted by Gasteiger charge is 2.36. The number of ether oxygens (including phenoxy) is 1. The van der Waals surface area contributed by atoms with Crippen LogP contribution in [0.1, 0.15) is 38.2 Å². The lowest BCUT2D eigenvalue weighted by atomic mass is 10.0. The van der Waals surface area contributed by atoms with Crippen molar-refractivity contribution in [3.63, 3.8) is 0 Å². The van der Waals surface area contributed by atoms with Gasteiger partial charge in [-0.3, -0.25) is 24.2 Å². The van der Waals surface area contributed by atoms with E-state index in [1.54, 1.807) is 24.5 Å². The summed E-state index contributed by atoms with van der Waals surface area (Å²) < 4.78 is 4.71. The lowest BCUT2D eigenvalue weighted by Crippen LogP contribution is -2.56. The number of esters is 1. The van der Waals surface area contributed by atoms with Gasteiger partial charge in [0, 0.05) is 31.8 Å². The fraction of sp³-hybridized carbons (Fsp3) is 0.478. The van der Waals surface area contributed by atoms with E-state index in [0.717, 1.165) is 7.11 Å². The Morgan fingerprint density at radius 2 is 2.03 bits per heavy atom. The Hall–Kier alpha value is -3.94. The molecule has 0 saturated carbocycles. The molecular weight excluding hydrogens is 442 g/mol. The largest absolute Gasteiger partial charge is 0.467 e. The lowest BCUT2D eigenvalue weighted by molar-refractivity contribution is -0.145. The Labute approximate surface area is 197 Å². The number of amides is 4. The Kier molecular flexibility index (Phi) is 10.0. The minimum Gasteiger partial charge on any atom is -0.467 e. The zero-order chi connectivity index (χ0) is 25.1. The van der Waals surface area contributed by atoms with Crippen molar-refractivity contribution < 1.29 is 28.7 Å². The van der Waals surface area contributed by atoms with Gasteiger partial charge in [0.25, 0.3) is 5.91 Å². The van der Waals surface area contributed by atoms with Gasteiger partial charge >= 0.3 is 5.97 Å². The topological polar surface area (TPSA) is 161 Å². The molecule has 11 nitrogen and oxygen atoms in total. The Morgan fingerprint density at radius 1 is 1.26 bits per heavy atom. The molecule has 0 bridgehead atoms. The third-order valence-electron chi connectivity index (χ3n) is 5.33. The van der Waals surface area contributed by atoms with Crippen LogP contribution in [0.4, 0.5) is 0 Å². The van der Waals surface area contributed by atoms with Crippen molar-refractivity contribution in [2.75, 3.05) is 13.7 Å². The summed E-state index contributed by atoms with van der Waals surface area (Å²) >= 11 is 0. The number of hydrogen-bond donors (Lipinski definition) is 3. The van der Waals surface area contributed by atoms with Crippen LogP contribution in [0.2, 0.25) is 0 Å². The molecule has 1 aromatic rings. The molecule has 0 unspecified atom stereocenters. The number of methoxy groups -OCH3 is 1. The van der Waals surface area contributed by atoms with E-state index in [2.05, 4.69) is 27.5 Å². The van der Waals surface area contributed by atoms with Crippen LogP contribution in [-0.2, 0) is 35.1 Å². The first-order valence-electron chi connectivity index (χ1n) is 10.9. The minimum atomic E-state index is -1.12. The quantitative estimate of drug-likeness (QED) is 0.293. The van der Waals surface area contributed by atoms with E-state index in [0.29, 0.717) is 24.9 Å². The van der Waals surface area contributed by atoms with Gasteiger partial charge in [0.1, 0.15) is 18.1 Å². The number of rotatable bonds is 10. The van der Waals surface area contributed by atoms with E-state index < -0.39 is 47.7 Å². The van der Waals surface area contributed by atoms with Crippen molar-refractivity contribution in [3.8, 4) is 11.8 Å². The summed E-state index contributed by atoms with van der Waals surface area (Å²) in [6.07, 6.45) is 4.09. The molecule has 0 spiro atoms. The molecule has 0 radical (unpaired) electrons. The molecular formula is C23H29N5O6. The molecule has 3 atom stereocenters. The number of likely N-dealkylation sites (tertiary alicyclic amines) is 1. The maximum atomic E-state index is 13.1. The van der Waals surface area contributed by atoms with Crippen molar-refractivity contribution in [1.82, 2.24) is 20.5 Å². The number of nitrogens with one attached hydrogen (secondary N) is 2. The smallest absolute Gasteiger partial charge is 0.328 e. The second-order valence-corrected chi connectivity index (χ2v) is 7.75.